The summed E-state index contributed by atoms with van der Waals surface area (Å²) in [7, 11) is 0. The van der Waals surface area contributed by atoms with Gasteiger partial charge in [0.15, 0.2) is 11.0 Å². The molecule has 4 heterocycles. The summed E-state index contributed by atoms with van der Waals surface area (Å²) in [6.07, 6.45) is 3.72. The molecule has 4 aromatic carbocycles. The summed E-state index contributed by atoms with van der Waals surface area (Å²) in [4.78, 5) is 25.4. The normalized spacial score (nSPS) is 16.2. The highest BCUT2D eigenvalue weighted by Gasteiger charge is 2.29. The predicted molar refractivity (Wildman–Crippen MR) is 252 cm³/mol. The van der Waals surface area contributed by atoms with Crippen LogP contribution in [0.2, 0.25) is 0 Å². The number of aromatic nitrogens is 4. The first kappa shape index (κ1) is 48.7. The van der Waals surface area contributed by atoms with Crippen molar-refractivity contribution in [2.45, 2.75) is 34.5 Å². The average Bonchev–Trinajstić information content (AvgIpc) is 3.33. The number of anilines is 2. The third-order valence-corrected chi connectivity index (χ3v) is 13.6. The summed E-state index contributed by atoms with van der Waals surface area (Å²) in [5.74, 6) is 0.0925. The number of aliphatic hydroxyl groups is 2. The highest BCUT2D eigenvalue weighted by Crippen LogP contribution is 2.32. The minimum absolute atomic E-state index is 0.0749. The lowest BCUT2D eigenvalue weighted by atomic mass is 9.96. The van der Waals surface area contributed by atoms with Crippen LogP contribution >= 0.6 is 23.5 Å². The minimum Gasteiger partial charge on any atom is -0.394 e. The smallest absolute Gasteiger partial charge is 0.187 e. The summed E-state index contributed by atoms with van der Waals surface area (Å²) in [5, 5.41) is 22.2. The van der Waals surface area contributed by atoms with Gasteiger partial charge < -0.3 is 21.7 Å². The largest absolute Gasteiger partial charge is 0.394 e. The molecular weight excluding hydrogens is 889 g/mol. The van der Waals surface area contributed by atoms with Gasteiger partial charge in [0, 0.05) is 89.3 Å². The lowest BCUT2D eigenvalue weighted by Gasteiger charge is -2.40. The fourth-order valence-electron chi connectivity index (χ4n) is 8.13. The zero-order valence-electron chi connectivity index (χ0n) is 36.3. The van der Waals surface area contributed by atoms with E-state index in [1.807, 2.05) is 0 Å². The number of nitrogens with two attached hydrogens (primary N) is 2. The number of nitrogens with zero attached hydrogens (tertiary/aromatic N) is 8. The molecule has 6 aromatic rings. The maximum absolute atomic E-state index is 13.5. The van der Waals surface area contributed by atoms with E-state index in [-0.39, 0.29) is 41.2 Å². The summed E-state index contributed by atoms with van der Waals surface area (Å²) in [6, 6.07) is 27.6. The molecule has 0 bridgehead atoms. The molecule has 2 saturated heterocycles. The third kappa shape index (κ3) is 13.9. The van der Waals surface area contributed by atoms with E-state index in [0.717, 1.165) is 74.6 Å². The molecule has 66 heavy (non-hydrogen) atoms. The fraction of sp³-hybridized carbons (Fsp3) is 0.333. The Hall–Kier alpha value is -5.18. The molecule has 348 valence electrons. The van der Waals surface area contributed by atoms with E-state index in [0.29, 0.717) is 40.5 Å². The van der Waals surface area contributed by atoms with Crippen LogP contribution in [0.25, 0.3) is 0 Å². The maximum atomic E-state index is 13.5. The molecule has 12 nitrogen and oxygen atoms in total. The number of rotatable bonds is 16. The van der Waals surface area contributed by atoms with E-state index in [1.165, 1.54) is 78.4 Å². The van der Waals surface area contributed by atoms with Crippen molar-refractivity contribution < 1.29 is 27.8 Å². The Balaban J connectivity index is 0.000000197. The Morgan fingerprint density at radius 1 is 0.500 bits per heavy atom. The van der Waals surface area contributed by atoms with Crippen molar-refractivity contribution in [1.29, 1.82) is 0 Å². The van der Waals surface area contributed by atoms with Crippen molar-refractivity contribution in [3.05, 3.63) is 167 Å². The molecule has 2 aromatic heterocycles. The maximum Gasteiger partial charge on any atom is 0.187 e. The van der Waals surface area contributed by atoms with Gasteiger partial charge in [-0.1, -0.05) is 60.3 Å². The van der Waals surface area contributed by atoms with Crippen molar-refractivity contribution in [1.82, 2.24) is 39.5 Å². The van der Waals surface area contributed by atoms with E-state index < -0.39 is 12.2 Å². The van der Waals surface area contributed by atoms with Gasteiger partial charge in [0.1, 0.15) is 40.3 Å². The first-order valence-corrected chi connectivity index (χ1v) is 23.7. The lowest BCUT2D eigenvalue weighted by Crippen LogP contribution is -2.50. The molecule has 8 rings (SSSR count). The van der Waals surface area contributed by atoms with Crippen LogP contribution in [0.1, 0.15) is 34.3 Å². The Morgan fingerprint density at radius 2 is 0.864 bits per heavy atom. The lowest BCUT2D eigenvalue weighted by molar-refractivity contribution is 0.0706. The molecule has 0 spiro atoms. The quantitative estimate of drug-likeness (QED) is 0.0366. The predicted octanol–water partition coefficient (Wildman–Crippen LogP) is 6.39. The molecule has 2 atom stereocenters. The van der Waals surface area contributed by atoms with Gasteiger partial charge in [0.05, 0.1) is 24.3 Å². The van der Waals surface area contributed by atoms with Crippen molar-refractivity contribution in [3.63, 3.8) is 0 Å². The first-order valence-electron chi connectivity index (χ1n) is 21.7. The summed E-state index contributed by atoms with van der Waals surface area (Å²) < 4.78 is 54.0. The van der Waals surface area contributed by atoms with E-state index in [4.69, 9.17) is 11.5 Å². The van der Waals surface area contributed by atoms with Gasteiger partial charge in [-0.25, -0.2) is 37.5 Å². The van der Waals surface area contributed by atoms with Crippen LogP contribution in [-0.2, 0) is 0 Å². The molecule has 0 aliphatic carbocycles. The van der Waals surface area contributed by atoms with Gasteiger partial charge in [0.2, 0.25) is 0 Å². The number of thioether (sulfide) groups is 2. The van der Waals surface area contributed by atoms with Gasteiger partial charge in [0.25, 0.3) is 0 Å². The molecule has 2 aliphatic rings. The standard InChI is InChI=1S/C24H28F2N6OS.C24H26F2N4OS/c25-18-5-1-16(2-6-18)22(17-3-7-19(26)8-4-17)32-11-9-31(10-12-32)13-20(33)14-34-24-21(27)23(28)29-15-30-24;25-20-6-2-18(3-7-20)23(19-4-8-21(26)9-5-19)30-14-12-29(13-15-30)16-22(31)17-32-24-27-10-1-11-28-24/h1-8,15,20,22,33H,9-14,27H2,(H2,28,29,30);1-11,22-23,31H,12-17H2. The molecule has 2 unspecified atom stereocenters. The van der Waals surface area contributed by atoms with Crippen molar-refractivity contribution in [2.24, 2.45) is 0 Å². The zero-order valence-corrected chi connectivity index (χ0v) is 37.9. The molecule has 0 saturated carbocycles. The van der Waals surface area contributed by atoms with E-state index >= 15 is 0 Å². The molecule has 0 radical (unpaired) electrons. The highest BCUT2D eigenvalue weighted by molar-refractivity contribution is 7.99. The molecule has 2 aliphatic heterocycles. The van der Waals surface area contributed by atoms with Crippen LogP contribution in [0.5, 0.6) is 0 Å². The third-order valence-electron chi connectivity index (χ3n) is 11.5. The fourth-order valence-corrected chi connectivity index (χ4v) is 9.69. The first-order chi connectivity index (χ1) is 32.0. The Kier molecular flexibility index (Phi) is 17.7. The summed E-state index contributed by atoms with van der Waals surface area (Å²) in [5.41, 5.74) is 15.8. The number of halogens is 4. The van der Waals surface area contributed by atoms with Crippen LogP contribution in [0.3, 0.4) is 0 Å². The highest BCUT2D eigenvalue weighted by atomic mass is 32.2. The summed E-state index contributed by atoms with van der Waals surface area (Å²) in [6.45, 7) is 7.37. The molecule has 6 N–H and O–H groups in total. The number of hydrogen-bond donors (Lipinski definition) is 4. The van der Waals surface area contributed by atoms with Crippen LogP contribution in [0, 0.1) is 23.3 Å². The zero-order chi connectivity index (χ0) is 46.4. The van der Waals surface area contributed by atoms with Gasteiger partial charge in [-0.3, -0.25) is 19.6 Å². The average molecular weight is 943 g/mol. The second kappa shape index (κ2) is 24.0. The van der Waals surface area contributed by atoms with Crippen molar-refractivity contribution in [3.8, 4) is 0 Å². The molecular formula is C48H54F4N10O2S2. The monoisotopic (exact) mass is 942 g/mol. The number of aliphatic hydroxyl groups excluding tert-OH is 2. The number of piperazine rings is 2. The van der Waals surface area contributed by atoms with Gasteiger partial charge in [-0.15, -0.1) is 11.8 Å². The number of benzene rings is 4. The minimum atomic E-state index is -0.558. The van der Waals surface area contributed by atoms with Gasteiger partial charge >= 0.3 is 0 Å². The van der Waals surface area contributed by atoms with Gasteiger partial charge in [-0.2, -0.15) is 0 Å². The van der Waals surface area contributed by atoms with Crippen LogP contribution in [-0.4, -0.2) is 139 Å². The molecule has 2 fully saturated rings. The molecule has 0 amide bonds. The second-order valence-electron chi connectivity index (χ2n) is 16.1. The van der Waals surface area contributed by atoms with Gasteiger partial charge in [-0.05, 0) is 76.9 Å². The van der Waals surface area contributed by atoms with E-state index in [9.17, 15) is 27.8 Å². The van der Waals surface area contributed by atoms with E-state index in [1.54, 1.807) is 67.0 Å². The SMILES string of the molecule is Nc1ncnc(SCC(O)CN2CCN(C(c3ccc(F)cc3)c3ccc(F)cc3)CC2)c1N.OC(CSc1ncccn1)CN1CCN(C(c2ccc(F)cc2)c2ccc(F)cc2)CC1. The topological polar surface area (TPSA) is 157 Å². The Labute approximate surface area is 391 Å². The van der Waals surface area contributed by atoms with Crippen molar-refractivity contribution >= 4 is 35.0 Å². The summed E-state index contributed by atoms with van der Waals surface area (Å²) >= 11 is 2.80. The van der Waals surface area contributed by atoms with E-state index in [2.05, 4.69) is 39.5 Å². The Bertz CT molecular complexity index is 2290. The van der Waals surface area contributed by atoms with Crippen LogP contribution in [0.4, 0.5) is 29.1 Å². The number of hydrogen-bond acceptors (Lipinski definition) is 14. The van der Waals surface area contributed by atoms with Crippen LogP contribution < -0.4 is 11.5 Å². The van der Waals surface area contributed by atoms with Crippen LogP contribution in [0.15, 0.2) is 132 Å². The number of β-amino-alcohol motifs (C(OH)–C–C–N with tert-alkyl or cyclic N) is 2. The van der Waals surface area contributed by atoms with Crippen molar-refractivity contribution in [2.75, 3.05) is 88.4 Å². The number of nitrogen functional groups attached to an aromatic ring is 2. The molecule has 18 heteroatoms. The Morgan fingerprint density at radius 3 is 1.24 bits per heavy atom. The second-order valence-corrected chi connectivity index (χ2v) is 18.1.